The van der Waals surface area contributed by atoms with Gasteiger partial charge in [-0.05, 0) is 47.2 Å². The molecule has 0 aliphatic heterocycles. The van der Waals surface area contributed by atoms with E-state index in [0.29, 0.717) is 0 Å². The Morgan fingerprint density at radius 2 is 2.20 bits per heavy atom. The Morgan fingerprint density at radius 1 is 1.45 bits per heavy atom. The third-order valence-electron chi connectivity index (χ3n) is 2.62. The molecular weight excluding hydrogens is 375 g/mol. The third-order valence-corrected chi connectivity index (χ3v) is 3.78. The maximum absolute atomic E-state index is 11.0. The summed E-state index contributed by atoms with van der Waals surface area (Å²) in [5.74, 6) is 5.40. The number of aromatic nitrogens is 2. The lowest BCUT2D eigenvalue weighted by Crippen LogP contribution is -2.12. The number of halogens is 1. The quantitative estimate of drug-likeness (QED) is 0.319. The molecule has 0 bridgehead atoms. The van der Waals surface area contributed by atoms with Crippen LogP contribution >= 0.6 is 22.6 Å². The van der Waals surface area contributed by atoms with E-state index in [9.17, 15) is 10.1 Å². The number of nitrogens with one attached hydrogen (secondary N) is 2. The van der Waals surface area contributed by atoms with Crippen LogP contribution in [-0.4, -0.2) is 14.9 Å². The predicted octanol–water partition coefficient (Wildman–Crippen LogP) is 2.33. The predicted molar refractivity (Wildman–Crippen MR) is 83.7 cm³/mol. The maximum Gasteiger partial charge on any atom is 0.329 e. The summed E-state index contributed by atoms with van der Waals surface area (Å²) >= 11 is 2.19. The number of hydrogen-bond donors (Lipinski definition) is 3. The van der Waals surface area contributed by atoms with E-state index in [0.717, 1.165) is 21.0 Å². The van der Waals surface area contributed by atoms with Gasteiger partial charge < -0.3 is 5.32 Å². The zero-order valence-electron chi connectivity index (χ0n) is 10.4. The summed E-state index contributed by atoms with van der Waals surface area (Å²) in [5, 5.41) is 13.9. The van der Waals surface area contributed by atoms with Gasteiger partial charge in [-0.1, -0.05) is 6.07 Å². The van der Waals surface area contributed by atoms with Gasteiger partial charge in [0.25, 0.3) is 0 Å². The standard InChI is InChI=1S/C11H11IN6O2/c1-6-7(12)3-2-4-8(6)15-10-9(18(19)20)5-14-11(16-10)17-13/h2-5H,13H2,1H3,(H2,14,15,16,17). The molecule has 8 nitrogen and oxygen atoms in total. The van der Waals surface area contributed by atoms with Crippen LogP contribution in [0.15, 0.2) is 24.4 Å². The van der Waals surface area contributed by atoms with Crippen LogP contribution in [0.1, 0.15) is 5.56 Å². The number of anilines is 3. The summed E-state index contributed by atoms with van der Waals surface area (Å²) < 4.78 is 1.04. The molecule has 0 fully saturated rings. The van der Waals surface area contributed by atoms with Crippen molar-refractivity contribution in [2.24, 2.45) is 5.84 Å². The Balaban J connectivity index is 2.46. The smallest absolute Gasteiger partial charge is 0.329 e. The van der Waals surface area contributed by atoms with E-state index in [4.69, 9.17) is 5.84 Å². The van der Waals surface area contributed by atoms with Gasteiger partial charge >= 0.3 is 5.69 Å². The summed E-state index contributed by atoms with van der Waals surface area (Å²) in [6, 6.07) is 5.62. The number of hydrogen-bond acceptors (Lipinski definition) is 7. The van der Waals surface area contributed by atoms with Gasteiger partial charge in [0, 0.05) is 9.26 Å². The van der Waals surface area contributed by atoms with Crippen molar-refractivity contribution in [3.05, 3.63) is 43.6 Å². The minimum atomic E-state index is -0.550. The van der Waals surface area contributed by atoms with Gasteiger partial charge in [0.05, 0.1) is 4.92 Å². The summed E-state index contributed by atoms with van der Waals surface area (Å²) in [6.07, 6.45) is 1.10. The van der Waals surface area contributed by atoms with Crippen molar-refractivity contribution in [2.45, 2.75) is 6.92 Å². The highest BCUT2D eigenvalue weighted by molar-refractivity contribution is 14.1. The van der Waals surface area contributed by atoms with E-state index < -0.39 is 4.92 Å². The molecule has 1 aromatic heterocycles. The second-order valence-electron chi connectivity index (χ2n) is 3.87. The Morgan fingerprint density at radius 3 is 2.85 bits per heavy atom. The molecule has 0 atom stereocenters. The van der Waals surface area contributed by atoms with Crippen LogP contribution in [0, 0.1) is 20.6 Å². The molecule has 20 heavy (non-hydrogen) atoms. The molecule has 4 N–H and O–H groups in total. The van der Waals surface area contributed by atoms with Gasteiger partial charge in [0.15, 0.2) is 0 Å². The van der Waals surface area contributed by atoms with Crippen LogP contribution < -0.4 is 16.6 Å². The van der Waals surface area contributed by atoms with Crippen molar-refractivity contribution < 1.29 is 4.92 Å². The zero-order valence-corrected chi connectivity index (χ0v) is 12.6. The highest BCUT2D eigenvalue weighted by Gasteiger charge is 2.18. The van der Waals surface area contributed by atoms with E-state index in [2.05, 4.69) is 43.3 Å². The van der Waals surface area contributed by atoms with Crippen molar-refractivity contribution in [3.8, 4) is 0 Å². The highest BCUT2D eigenvalue weighted by Crippen LogP contribution is 2.28. The van der Waals surface area contributed by atoms with Crippen LogP contribution in [0.25, 0.3) is 0 Å². The number of nitro groups is 1. The van der Waals surface area contributed by atoms with Crippen molar-refractivity contribution >= 4 is 45.7 Å². The topological polar surface area (TPSA) is 119 Å². The normalized spacial score (nSPS) is 10.2. The molecule has 2 aromatic rings. The van der Waals surface area contributed by atoms with Gasteiger partial charge in [0.2, 0.25) is 11.8 Å². The Kier molecular flexibility index (Phi) is 4.29. The molecule has 1 aromatic carbocycles. The van der Waals surface area contributed by atoms with E-state index in [1.54, 1.807) is 0 Å². The van der Waals surface area contributed by atoms with Crippen molar-refractivity contribution in [2.75, 3.05) is 10.7 Å². The number of nitrogens with two attached hydrogens (primary N) is 1. The van der Waals surface area contributed by atoms with Crippen molar-refractivity contribution in [1.82, 2.24) is 9.97 Å². The first-order valence-corrected chi connectivity index (χ1v) is 6.61. The fraction of sp³-hybridized carbons (Fsp3) is 0.0909. The van der Waals surface area contributed by atoms with Gasteiger partial charge in [-0.3, -0.25) is 15.5 Å². The second-order valence-corrected chi connectivity index (χ2v) is 5.03. The fourth-order valence-corrected chi connectivity index (χ4v) is 2.04. The monoisotopic (exact) mass is 386 g/mol. The first-order chi connectivity index (χ1) is 9.52. The SMILES string of the molecule is Cc1c(I)cccc1Nc1nc(NN)ncc1[N+](=O)[O-]. The second kappa shape index (κ2) is 5.96. The van der Waals surface area contributed by atoms with Crippen LogP contribution in [0.2, 0.25) is 0 Å². The molecule has 2 rings (SSSR count). The van der Waals surface area contributed by atoms with E-state index in [1.165, 1.54) is 0 Å². The first-order valence-electron chi connectivity index (χ1n) is 5.53. The number of rotatable bonds is 4. The lowest BCUT2D eigenvalue weighted by atomic mass is 10.2. The Labute approximate surface area is 128 Å². The molecular formula is C11H11IN6O2. The first kappa shape index (κ1) is 14.4. The molecule has 0 saturated carbocycles. The van der Waals surface area contributed by atoms with E-state index in [1.807, 2.05) is 25.1 Å². The maximum atomic E-state index is 11.0. The van der Waals surface area contributed by atoms with Gasteiger partial charge in [0.1, 0.15) is 6.20 Å². The van der Waals surface area contributed by atoms with Crippen LogP contribution in [0.4, 0.5) is 23.1 Å². The molecule has 0 saturated heterocycles. The Hall–Kier alpha value is -2.01. The molecule has 9 heteroatoms. The molecule has 1 heterocycles. The number of nitrogens with zero attached hydrogens (tertiary/aromatic N) is 3. The lowest BCUT2D eigenvalue weighted by Gasteiger charge is -2.10. The lowest BCUT2D eigenvalue weighted by molar-refractivity contribution is -0.384. The fourth-order valence-electron chi connectivity index (χ4n) is 1.54. The minimum absolute atomic E-state index is 0.0862. The molecule has 0 aliphatic rings. The number of hydrazine groups is 1. The molecule has 0 amide bonds. The van der Waals surface area contributed by atoms with Gasteiger partial charge in [-0.25, -0.2) is 10.8 Å². The molecule has 0 spiro atoms. The van der Waals surface area contributed by atoms with Gasteiger partial charge in [-0.15, -0.1) is 0 Å². The zero-order chi connectivity index (χ0) is 14.7. The summed E-state index contributed by atoms with van der Waals surface area (Å²) in [5.41, 5.74) is 3.75. The summed E-state index contributed by atoms with van der Waals surface area (Å²) in [7, 11) is 0. The van der Waals surface area contributed by atoms with Crippen molar-refractivity contribution in [3.63, 3.8) is 0 Å². The minimum Gasteiger partial charge on any atom is -0.334 e. The van der Waals surface area contributed by atoms with Crippen molar-refractivity contribution in [1.29, 1.82) is 0 Å². The van der Waals surface area contributed by atoms with Gasteiger partial charge in [-0.2, -0.15) is 4.98 Å². The van der Waals surface area contributed by atoms with Crippen LogP contribution in [0.3, 0.4) is 0 Å². The molecule has 104 valence electrons. The van der Waals surface area contributed by atoms with E-state index >= 15 is 0 Å². The summed E-state index contributed by atoms with van der Waals surface area (Å²) in [6.45, 7) is 1.92. The Bertz CT molecular complexity index is 663. The molecule has 0 unspecified atom stereocenters. The average molecular weight is 386 g/mol. The van der Waals surface area contributed by atoms with Crippen LogP contribution in [0.5, 0.6) is 0 Å². The number of benzene rings is 1. The summed E-state index contributed by atoms with van der Waals surface area (Å²) in [4.78, 5) is 18.2. The largest absolute Gasteiger partial charge is 0.334 e. The average Bonchev–Trinajstić information content (AvgIpc) is 2.43. The number of nitrogen functional groups attached to an aromatic ring is 1. The van der Waals surface area contributed by atoms with Crippen LogP contribution in [-0.2, 0) is 0 Å². The third kappa shape index (κ3) is 2.93. The van der Waals surface area contributed by atoms with E-state index in [-0.39, 0.29) is 17.5 Å². The molecule has 0 radical (unpaired) electrons. The molecule has 0 aliphatic carbocycles. The highest BCUT2D eigenvalue weighted by atomic mass is 127.